The van der Waals surface area contributed by atoms with Gasteiger partial charge in [-0.3, -0.25) is 0 Å². The Hall–Kier alpha value is -2.10. The molecule has 0 spiro atoms. The fraction of sp³-hybridized carbons (Fsp3) is 0.412. The molecule has 1 aliphatic heterocycles. The van der Waals surface area contributed by atoms with Crippen LogP contribution in [0.4, 0.5) is 0 Å². The van der Waals surface area contributed by atoms with Crippen LogP contribution in [-0.2, 0) is 9.31 Å². The molecule has 0 aliphatic carbocycles. The van der Waals surface area contributed by atoms with Gasteiger partial charge in [-0.1, -0.05) is 12.1 Å². The van der Waals surface area contributed by atoms with Crippen molar-refractivity contribution in [2.75, 3.05) is 0 Å². The smallest absolute Gasteiger partial charge is 0.398 e. The van der Waals surface area contributed by atoms with Crippen LogP contribution in [0.1, 0.15) is 39.1 Å². The van der Waals surface area contributed by atoms with Gasteiger partial charge in [-0.15, -0.1) is 0 Å². The van der Waals surface area contributed by atoms with E-state index < -0.39 is 18.3 Å². The van der Waals surface area contributed by atoms with Crippen molar-refractivity contribution in [3.05, 3.63) is 41.9 Å². The van der Waals surface area contributed by atoms with Crippen molar-refractivity contribution in [3.8, 4) is 11.8 Å². The Labute approximate surface area is 137 Å². The van der Waals surface area contributed by atoms with E-state index in [-0.39, 0.29) is 0 Å². The predicted molar refractivity (Wildman–Crippen MR) is 88.7 cm³/mol. The van der Waals surface area contributed by atoms with E-state index in [4.69, 9.17) is 9.31 Å². The second-order valence-corrected chi connectivity index (χ2v) is 6.80. The Morgan fingerprint density at radius 2 is 1.74 bits per heavy atom. The summed E-state index contributed by atoms with van der Waals surface area (Å²) in [6, 6.07) is 9.67. The summed E-state index contributed by atoms with van der Waals surface area (Å²) in [7, 11) is -0.505. The van der Waals surface area contributed by atoms with E-state index in [0.717, 1.165) is 11.5 Å². The molecule has 118 valence electrons. The quantitative estimate of drug-likeness (QED) is 0.799. The molecule has 5 nitrogen and oxygen atoms in total. The van der Waals surface area contributed by atoms with Gasteiger partial charge in [-0.05, 0) is 46.8 Å². The van der Waals surface area contributed by atoms with Gasteiger partial charge in [0, 0.05) is 6.20 Å². The molecule has 6 heteroatoms. The van der Waals surface area contributed by atoms with E-state index in [1.807, 2.05) is 63.6 Å². The molecule has 0 bridgehead atoms. The van der Waals surface area contributed by atoms with Gasteiger partial charge < -0.3 is 13.9 Å². The maximum atomic E-state index is 9.29. The third-order valence-electron chi connectivity index (χ3n) is 4.68. The van der Waals surface area contributed by atoms with E-state index in [1.165, 1.54) is 0 Å². The number of rotatable bonds is 2. The van der Waals surface area contributed by atoms with E-state index in [0.29, 0.717) is 11.2 Å². The van der Waals surface area contributed by atoms with Gasteiger partial charge >= 0.3 is 7.12 Å². The lowest BCUT2D eigenvalue weighted by molar-refractivity contribution is 0.00578. The van der Waals surface area contributed by atoms with Crippen molar-refractivity contribution in [1.29, 1.82) is 5.26 Å². The van der Waals surface area contributed by atoms with Crippen LogP contribution in [0, 0.1) is 18.3 Å². The lowest BCUT2D eigenvalue weighted by Gasteiger charge is -2.32. The molecule has 2 heterocycles. The standard InChI is InChI=1S/C17H20BN3O2/c1-12-20-15(18-22-16(2,3)17(4,5)23-18)11-21(12)14-9-7-6-8-13(14)10-19/h6-9,11H,1-5H3. The molecule has 23 heavy (non-hydrogen) atoms. The Morgan fingerprint density at radius 3 is 2.35 bits per heavy atom. The maximum absolute atomic E-state index is 9.29. The van der Waals surface area contributed by atoms with Crippen molar-refractivity contribution < 1.29 is 9.31 Å². The number of imidazole rings is 1. The molecule has 2 aromatic rings. The second kappa shape index (κ2) is 5.22. The zero-order chi connectivity index (χ0) is 16.8. The van der Waals surface area contributed by atoms with E-state index in [9.17, 15) is 5.26 Å². The van der Waals surface area contributed by atoms with Gasteiger partial charge in [-0.25, -0.2) is 4.98 Å². The maximum Gasteiger partial charge on any atom is 0.516 e. The molecule has 0 radical (unpaired) electrons. The highest BCUT2D eigenvalue weighted by molar-refractivity contribution is 6.61. The number of hydrogen-bond acceptors (Lipinski definition) is 4. The van der Waals surface area contributed by atoms with Crippen molar-refractivity contribution in [3.63, 3.8) is 0 Å². The van der Waals surface area contributed by atoms with Crippen LogP contribution >= 0.6 is 0 Å². The average Bonchev–Trinajstić information content (AvgIpc) is 2.96. The molecule has 0 N–H and O–H groups in total. The Balaban J connectivity index is 1.99. The van der Waals surface area contributed by atoms with Crippen LogP contribution in [0.2, 0.25) is 0 Å². The highest BCUT2D eigenvalue weighted by atomic mass is 16.7. The third-order valence-corrected chi connectivity index (χ3v) is 4.68. The number of aromatic nitrogens is 2. The van der Waals surface area contributed by atoms with E-state index in [1.54, 1.807) is 6.07 Å². The number of hydrogen-bond donors (Lipinski definition) is 0. The molecule has 0 saturated carbocycles. The molecule has 0 atom stereocenters. The highest BCUT2D eigenvalue weighted by Crippen LogP contribution is 2.36. The average molecular weight is 309 g/mol. The summed E-state index contributed by atoms with van der Waals surface area (Å²) >= 11 is 0. The molecular formula is C17H20BN3O2. The zero-order valence-corrected chi connectivity index (χ0v) is 14.1. The Kier molecular flexibility index (Phi) is 3.59. The molecular weight excluding hydrogens is 289 g/mol. The fourth-order valence-corrected chi connectivity index (χ4v) is 2.59. The number of nitrogens with zero attached hydrogens (tertiary/aromatic N) is 3. The fourth-order valence-electron chi connectivity index (χ4n) is 2.59. The predicted octanol–water partition coefficient (Wildman–Crippen LogP) is 2.35. The Morgan fingerprint density at radius 1 is 1.13 bits per heavy atom. The van der Waals surface area contributed by atoms with Crippen LogP contribution in [0.5, 0.6) is 0 Å². The first kappa shape index (κ1) is 15.8. The number of benzene rings is 1. The van der Waals surface area contributed by atoms with Crippen molar-refractivity contribution in [1.82, 2.24) is 9.55 Å². The van der Waals surface area contributed by atoms with Gasteiger partial charge in [0.1, 0.15) is 11.9 Å². The summed E-state index contributed by atoms with van der Waals surface area (Å²) in [6.45, 7) is 9.97. The van der Waals surface area contributed by atoms with Gasteiger partial charge in [0.2, 0.25) is 0 Å². The lowest BCUT2D eigenvalue weighted by Crippen LogP contribution is -2.41. The molecule has 1 aliphatic rings. The first-order valence-corrected chi connectivity index (χ1v) is 7.66. The van der Waals surface area contributed by atoms with Crippen LogP contribution in [0.25, 0.3) is 5.69 Å². The summed E-state index contributed by atoms with van der Waals surface area (Å²) in [5, 5.41) is 9.29. The summed E-state index contributed by atoms with van der Waals surface area (Å²) in [5.41, 5.74) is 1.32. The minimum absolute atomic E-state index is 0.403. The molecule has 1 aromatic carbocycles. The molecule has 0 unspecified atom stereocenters. The van der Waals surface area contributed by atoms with E-state index in [2.05, 4.69) is 11.1 Å². The monoisotopic (exact) mass is 309 g/mol. The van der Waals surface area contributed by atoms with Crippen molar-refractivity contribution in [2.45, 2.75) is 45.8 Å². The van der Waals surface area contributed by atoms with Crippen molar-refractivity contribution >= 4 is 12.7 Å². The zero-order valence-electron chi connectivity index (χ0n) is 14.1. The summed E-state index contributed by atoms with van der Waals surface area (Å²) < 4.78 is 14.0. The molecule has 1 aromatic heterocycles. The van der Waals surface area contributed by atoms with Crippen LogP contribution in [-0.4, -0.2) is 27.9 Å². The van der Waals surface area contributed by atoms with Gasteiger partial charge in [0.15, 0.2) is 0 Å². The lowest BCUT2D eigenvalue weighted by atomic mass is 9.86. The van der Waals surface area contributed by atoms with Crippen LogP contribution in [0.15, 0.2) is 30.5 Å². The Bertz CT molecular complexity index is 773. The van der Waals surface area contributed by atoms with Crippen LogP contribution in [0.3, 0.4) is 0 Å². The SMILES string of the molecule is Cc1nc(B2OC(C)(C)C(C)(C)O2)cn1-c1ccccc1C#N. The summed E-state index contributed by atoms with van der Waals surface area (Å²) in [5.74, 6) is 0.789. The summed E-state index contributed by atoms with van der Waals surface area (Å²) in [4.78, 5) is 4.58. The van der Waals surface area contributed by atoms with Gasteiger partial charge in [-0.2, -0.15) is 5.26 Å². The minimum atomic E-state index is -0.505. The largest absolute Gasteiger partial charge is 0.516 e. The minimum Gasteiger partial charge on any atom is -0.398 e. The third kappa shape index (κ3) is 2.56. The number of para-hydroxylation sites is 1. The van der Waals surface area contributed by atoms with Gasteiger partial charge in [0.25, 0.3) is 0 Å². The number of aryl methyl sites for hydroxylation is 1. The van der Waals surface area contributed by atoms with Crippen molar-refractivity contribution in [2.24, 2.45) is 0 Å². The van der Waals surface area contributed by atoms with Gasteiger partial charge in [0.05, 0.1) is 28.0 Å². The summed E-state index contributed by atoms with van der Waals surface area (Å²) in [6.07, 6.45) is 1.88. The molecule has 0 amide bonds. The highest BCUT2D eigenvalue weighted by Gasteiger charge is 2.52. The topological polar surface area (TPSA) is 60.1 Å². The first-order chi connectivity index (χ1) is 10.7. The molecule has 1 fully saturated rings. The van der Waals surface area contributed by atoms with E-state index >= 15 is 0 Å². The van der Waals surface area contributed by atoms with Crippen LogP contribution < -0.4 is 5.59 Å². The number of nitriles is 1. The molecule has 1 saturated heterocycles. The molecule has 3 rings (SSSR count). The first-order valence-electron chi connectivity index (χ1n) is 7.66. The second-order valence-electron chi connectivity index (χ2n) is 6.80. The normalized spacial score (nSPS) is 18.9.